The van der Waals surface area contributed by atoms with E-state index in [4.69, 9.17) is 4.74 Å². The van der Waals surface area contributed by atoms with Crippen LogP contribution in [0.4, 0.5) is 5.69 Å². The molecule has 1 saturated carbocycles. The molecule has 0 saturated heterocycles. The molecule has 0 heterocycles. The van der Waals surface area contributed by atoms with E-state index in [2.05, 4.69) is 5.32 Å². The fourth-order valence-electron chi connectivity index (χ4n) is 4.30. The van der Waals surface area contributed by atoms with Gasteiger partial charge in [-0.05, 0) is 62.1 Å². The third-order valence-electron chi connectivity index (χ3n) is 6.35. The molecule has 1 atom stereocenters. The lowest BCUT2D eigenvalue weighted by Gasteiger charge is -2.32. The Hall–Kier alpha value is -3.07. The van der Waals surface area contributed by atoms with Crippen molar-refractivity contribution >= 4 is 27.5 Å². The predicted octanol–water partition coefficient (Wildman–Crippen LogP) is 3.25. The van der Waals surface area contributed by atoms with Gasteiger partial charge in [0.15, 0.2) is 0 Å². The number of anilines is 1. The van der Waals surface area contributed by atoms with Gasteiger partial charge in [-0.15, -0.1) is 0 Å². The molecule has 0 bridgehead atoms. The van der Waals surface area contributed by atoms with Crippen molar-refractivity contribution in [3.05, 3.63) is 59.7 Å². The maximum atomic E-state index is 13.6. The molecule has 3 rings (SSSR count). The summed E-state index contributed by atoms with van der Waals surface area (Å²) in [5.41, 5.74) is 2.09. The summed E-state index contributed by atoms with van der Waals surface area (Å²) >= 11 is 0. The number of rotatable bonds is 10. The quantitative estimate of drug-likeness (QED) is 0.539. The number of methoxy groups -OCH3 is 1. The summed E-state index contributed by atoms with van der Waals surface area (Å²) < 4.78 is 31.6. The van der Waals surface area contributed by atoms with Gasteiger partial charge < -0.3 is 15.0 Å². The van der Waals surface area contributed by atoms with Crippen LogP contribution in [0.15, 0.2) is 48.5 Å². The Morgan fingerprint density at radius 3 is 2.34 bits per heavy atom. The molecule has 0 aromatic heterocycles. The number of amides is 2. The molecular weight excluding hydrogens is 466 g/mol. The Morgan fingerprint density at radius 1 is 1.11 bits per heavy atom. The van der Waals surface area contributed by atoms with Crippen molar-refractivity contribution in [3.63, 3.8) is 0 Å². The highest BCUT2D eigenvalue weighted by Gasteiger charge is 2.31. The van der Waals surface area contributed by atoms with Crippen LogP contribution in [0, 0.1) is 6.92 Å². The molecule has 0 radical (unpaired) electrons. The summed E-state index contributed by atoms with van der Waals surface area (Å²) in [7, 11) is -2.17. The normalized spacial score (nSPS) is 14.9. The van der Waals surface area contributed by atoms with E-state index < -0.39 is 28.5 Å². The monoisotopic (exact) mass is 501 g/mol. The van der Waals surface area contributed by atoms with E-state index >= 15 is 0 Å². The third-order valence-corrected chi connectivity index (χ3v) is 7.49. The molecular formula is C26H35N3O5S. The second kappa shape index (κ2) is 11.6. The van der Waals surface area contributed by atoms with E-state index in [1.54, 1.807) is 44.4 Å². The van der Waals surface area contributed by atoms with Crippen LogP contribution in [0.3, 0.4) is 0 Å². The van der Waals surface area contributed by atoms with E-state index in [0.717, 1.165) is 47.4 Å². The van der Waals surface area contributed by atoms with E-state index in [1.807, 2.05) is 25.1 Å². The molecule has 2 aromatic carbocycles. The number of carbonyl (C=O) groups is 2. The van der Waals surface area contributed by atoms with E-state index in [-0.39, 0.29) is 18.5 Å². The fourth-order valence-corrected chi connectivity index (χ4v) is 5.14. The van der Waals surface area contributed by atoms with Gasteiger partial charge in [-0.1, -0.05) is 37.1 Å². The molecule has 0 aliphatic heterocycles. The Bertz CT molecular complexity index is 1130. The minimum absolute atomic E-state index is 0.114. The van der Waals surface area contributed by atoms with Gasteiger partial charge >= 0.3 is 0 Å². The number of carbonyl (C=O) groups excluding carboxylic acids is 2. The zero-order valence-corrected chi connectivity index (χ0v) is 21.7. The average Bonchev–Trinajstić information content (AvgIpc) is 3.33. The van der Waals surface area contributed by atoms with Gasteiger partial charge in [0.05, 0.1) is 19.1 Å². The smallest absolute Gasteiger partial charge is 0.244 e. The van der Waals surface area contributed by atoms with Gasteiger partial charge in [0, 0.05) is 12.6 Å². The van der Waals surface area contributed by atoms with Crippen molar-refractivity contribution in [2.24, 2.45) is 0 Å². The summed E-state index contributed by atoms with van der Waals surface area (Å²) in [6.45, 7) is 3.30. The molecule has 190 valence electrons. The zero-order valence-electron chi connectivity index (χ0n) is 20.9. The Kier molecular flexibility index (Phi) is 8.77. The molecule has 1 aliphatic rings. The average molecular weight is 502 g/mol. The standard InChI is InChI=1S/C26H35N3O5S/c1-19-8-7-11-23(16-19)29(35(4,32)33)18-25(30)28(17-21-12-14-24(34-3)15-13-21)20(2)26(31)27-22-9-5-6-10-22/h7-8,11-16,20,22H,5-6,9-10,17-18H2,1-4H3,(H,27,31)/t20-/m0/s1. The zero-order chi connectivity index (χ0) is 25.6. The van der Waals surface area contributed by atoms with Gasteiger partial charge in [0.25, 0.3) is 0 Å². The summed E-state index contributed by atoms with van der Waals surface area (Å²) in [5.74, 6) is -0.0107. The fraction of sp³-hybridized carbons (Fsp3) is 0.462. The Labute approximate surface area is 208 Å². The highest BCUT2D eigenvalue weighted by atomic mass is 32.2. The van der Waals surface area contributed by atoms with Gasteiger partial charge in [-0.3, -0.25) is 13.9 Å². The van der Waals surface area contributed by atoms with Gasteiger partial charge in [-0.2, -0.15) is 0 Å². The third kappa shape index (κ3) is 7.21. The topological polar surface area (TPSA) is 96.0 Å². The molecule has 8 nitrogen and oxygen atoms in total. The summed E-state index contributed by atoms with van der Waals surface area (Å²) in [6, 6.07) is 13.6. The van der Waals surface area contributed by atoms with Crippen molar-refractivity contribution in [2.75, 3.05) is 24.2 Å². The van der Waals surface area contributed by atoms with Gasteiger partial charge in [-0.25, -0.2) is 8.42 Å². The van der Waals surface area contributed by atoms with Gasteiger partial charge in [0.2, 0.25) is 21.8 Å². The number of aryl methyl sites for hydroxylation is 1. The van der Waals surface area contributed by atoms with Crippen LogP contribution in [0.5, 0.6) is 5.75 Å². The summed E-state index contributed by atoms with van der Waals surface area (Å²) in [5, 5.41) is 3.06. The number of sulfonamides is 1. The molecule has 2 aromatic rings. The van der Waals surface area contributed by atoms with E-state index in [1.165, 1.54) is 4.90 Å². The van der Waals surface area contributed by atoms with E-state index in [9.17, 15) is 18.0 Å². The van der Waals surface area contributed by atoms with Crippen LogP contribution >= 0.6 is 0 Å². The second-order valence-corrected chi connectivity index (χ2v) is 11.1. The van der Waals surface area contributed by atoms with Crippen molar-refractivity contribution < 1.29 is 22.7 Å². The molecule has 1 N–H and O–H groups in total. The molecule has 2 amide bonds. The number of hydrogen-bond acceptors (Lipinski definition) is 5. The lowest BCUT2D eigenvalue weighted by molar-refractivity contribution is -0.139. The molecule has 9 heteroatoms. The number of benzene rings is 2. The number of nitrogens with one attached hydrogen (secondary N) is 1. The van der Waals surface area contributed by atoms with Crippen molar-refractivity contribution in [3.8, 4) is 5.75 Å². The van der Waals surface area contributed by atoms with Crippen LogP contribution in [0.2, 0.25) is 0 Å². The summed E-state index contributed by atoms with van der Waals surface area (Å²) in [4.78, 5) is 28.1. The first kappa shape index (κ1) is 26.5. The first-order chi connectivity index (χ1) is 16.6. The maximum absolute atomic E-state index is 13.6. The molecule has 0 unspecified atom stereocenters. The number of hydrogen-bond donors (Lipinski definition) is 1. The number of nitrogens with zero attached hydrogens (tertiary/aromatic N) is 2. The predicted molar refractivity (Wildman–Crippen MR) is 137 cm³/mol. The maximum Gasteiger partial charge on any atom is 0.244 e. The molecule has 1 aliphatic carbocycles. The highest BCUT2D eigenvalue weighted by Crippen LogP contribution is 2.22. The Balaban J connectivity index is 1.87. The van der Waals surface area contributed by atoms with Crippen molar-refractivity contribution in [1.29, 1.82) is 0 Å². The number of ether oxygens (including phenoxy) is 1. The minimum atomic E-state index is -3.74. The largest absolute Gasteiger partial charge is 0.497 e. The second-order valence-electron chi connectivity index (χ2n) is 9.14. The lowest BCUT2D eigenvalue weighted by atomic mass is 10.1. The van der Waals surface area contributed by atoms with Crippen molar-refractivity contribution in [1.82, 2.24) is 10.2 Å². The van der Waals surface area contributed by atoms with Crippen LogP contribution in [-0.2, 0) is 26.2 Å². The molecule has 0 spiro atoms. The van der Waals surface area contributed by atoms with Crippen LogP contribution in [-0.4, -0.2) is 57.1 Å². The highest BCUT2D eigenvalue weighted by molar-refractivity contribution is 7.92. The van der Waals surface area contributed by atoms with Crippen LogP contribution in [0.25, 0.3) is 0 Å². The molecule has 35 heavy (non-hydrogen) atoms. The molecule has 1 fully saturated rings. The first-order valence-corrected chi connectivity index (χ1v) is 13.7. The minimum Gasteiger partial charge on any atom is -0.497 e. The SMILES string of the molecule is COc1ccc(CN(C(=O)CN(c2cccc(C)c2)S(C)(=O)=O)[C@@H](C)C(=O)NC2CCCC2)cc1. The Morgan fingerprint density at radius 2 is 1.77 bits per heavy atom. The van der Waals surface area contributed by atoms with Crippen LogP contribution < -0.4 is 14.4 Å². The van der Waals surface area contributed by atoms with Crippen LogP contribution in [0.1, 0.15) is 43.7 Å². The van der Waals surface area contributed by atoms with E-state index in [0.29, 0.717) is 11.4 Å². The van der Waals surface area contributed by atoms with Gasteiger partial charge in [0.1, 0.15) is 18.3 Å². The first-order valence-electron chi connectivity index (χ1n) is 11.9. The lowest BCUT2D eigenvalue weighted by Crippen LogP contribution is -2.52. The van der Waals surface area contributed by atoms with Crippen molar-refractivity contribution in [2.45, 2.75) is 58.2 Å². The summed E-state index contributed by atoms with van der Waals surface area (Å²) in [6.07, 6.45) is 5.09.